The van der Waals surface area contributed by atoms with Gasteiger partial charge in [0, 0.05) is 6.54 Å². The number of aliphatic imine (C=N–C) groups is 1. The summed E-state index contributed by atoms with van der Waals surface area (Å²) >= 11 is 0. The van der Waals surface area contributed by atoms with E-state index in [-0.39, 0.29) is 5.54 Å². The fourth-order valence-corrected chi connectivity index (χ4v) is 3.64. The lowest BCUT2D eigenvalue weighted by molar-refractivity contribution is -0.137. The Kier molecular flexibility index (Phi) is 4.55. The number of para-hydroxylation sites is 2. The van der Waals surface area contributed by atoms with Gasteiger partial charge >= 0.3 is 6.18 Å². The molecule has 2 aromatic rings. The van der Waals surface area contributed by atoms with E-state index in [0.717, 1.165) is 60.8 Å². The standard InChI is InChI=1S/C20H21F3N4/c21-20(22,23)15-7-5-14(6-8-15)13-25-18-19(9-11-24-12-10-19)27-17-4-2-1-3-16(17)26-18/h1-8,24,27H,9-13H2,(H,25,26). The molecule has 27 heavy (non-hydrogen) atoms. The summed E-state index contributed by atoms with van der Waals surface area (Å²) in [5.41, 5.74) is 1.77. The van der Waals surface area contributed by atoms with Crippen molar-refractivity contribution in [1.82, 2.24) is 10.6 Å². The van der Waals surface area contributed by atoms with Gasteiger partial charge in [-0.15, -0.1) is 0 Å². The molecule has 0 aromatic heterocycles. The topological polar surface area (TPSA) is 48.5 Å². The number of alkyl halides is 3. The molecule has 0 radical (unpaired) electrons. The van der Waals surface area contributed by atoms with Gasteiger partial charge in [0.15, 0.2) is 0 Å². The molecule has 142 valence electrons. The molecule has 4 rings (SSSR count). The average molecular weight is 374 g/mol. The van der Waals surface area contributed by atoms with E-state index in [1.54, 1.807) is 0 Å². The summed E-state index contributed by atoms with van der Waals surface area (Å²) in [5.74, 6) is 0.850. The zero-order valence-corrected chi connectivity index (χ0v) is 14.7. The van der Waals surface area contributed by atoms with Gasteiger partial charge in [-0.1, -0.05) is 24.3 Å². The molecular weight excluding hydrogens is 353 g/mol. The molecule has 1 saturated heterocycles. The summed E-state index contributed by atoms with van der Waals surface area (Å²) < 4.78 is 38.2. The second kappa shape index (κ2) is 6.88. The van der Waals surface area contributed by atoms with E-state index in [9.17, 15) is 13.2 Å². The summed E-state index contributed by atoms with van der Waals surface area (Å²) in [6, 6.07) is 13.2. The molecule has 0 bridgehead atoms. The van der Waals surface area contributed by atoms with Gasteiger partial charge in [-0.2, -0.15) is 13.2 Å². The van der Waals surface area contributed by atoms with Crippen molar-refractivity contribution < 1.29 is 13.2 Å². The van der Waals surface area contributed by atoms with Gasteiger partial charge in [-0.05, 0) is 55.8 Å². The number of hydrogen-bond acceptors (Lipinski definition) is 4. The fraction of sp³-hybridized carbons (Fsp3) is 0.350. The van der Waals surface area contributed by atoms with Crippen LogP contribution >= 0.6 is 0 Å². The Morgan fingerprint density at radius 2 is 1.70 bits per heavy atom. The molecule has 0 unspecified atom stereocenters. The van der Waals surface area contributed by atoms with Gasteiger partial charge in [-0.25, -0.2) is 4.99 Å². The number of benzene rings is 2. The van der Waals surface area contributed by atoms with E-state index in [1.807, 2.05) is 24.3 Å². The molecule has 2 aliphatic rings. The third kappa shape index (κ3) is 3.64. The number of nitrogens with zero attached hydrogens (tertiary/aromatic N) is 1. The average Bonchev–Trinajstić information content (AvgIpc) is 2.66. The zero-order chi connectivity index (χ0) is 18.9. The van der Waals surface area contributed by atoms with Crippen molar-refractivity contribution in [3.8, 4) is 0 Å². The summed E-state index contributed by atoms with van der Waals surface area (Å²) in [5, 5.41) is 10.4. The highest BCUT2D eigenvalue weighted by Gasteiger charge is 2.40. The number of amidine groups is 1. The van der Waals surface area contributed by atoms with Gasteiger partial charge in [-0.3, -0.25) is 0 Å². The molecule has 1 fully saturated rings. The van der Waals surface area contributed by atoms with Crippen LogP contribution in [0.15, 0.2) is 53.5 Å². The molecule has 4 nitrogen and oxygen atoms in total. The van der Waals surface area contributed by atoms with E-state index < -0.39 is 11.7 Å². The monoisotopic (exact) mass is 374 g/mol. The smallest absolute Gasteiger partial charge is 0.371 e. The third-order valence-electron chi connectivity index (χ3n) is 5.16. The number of halogens is 3. The van der Waals surface area contributed by atoms with Crippen LogP contribution in [0.2, 0.25) is 0 Å². The van der Waals surface area contributed by atoms with Crippen LogP contribution in [-0.2, 0) is 12.7 Å². The Balaban J connectivity index is 1.56. The highest BCUT2D eigenvalue weighted by molar-refractivity contribution is 6.00. The summed E-state index contributed by atoms with van der Waals surface area (Å²) in [4.78, 5) is 4.83. The Morgan fingerprint density at radius 3 is 2.41 bits per heavy atom. The van der Waals surface area contributed by atoms with Gasteiger partial charge in [0.05, 0.1) is 22.5 Å². The fourth-order valence-electron chi connectivity index (χ4n) is 3.64. The van der Waals surface area contributed by atoms with Gasteiger partial charge < -0.3 is 16.0 Å². The quantitative estimate of drug-likeness (QED) is 0.743. The summed E-state index contributed by atoms with van der Waals surface area (Å²) in [6.07, 6.45) is -2.54. The number of fused-ring (bicyclic) bond motifs is 1. The van der Waals surface area contributed by atoms with E-state index in [4.69, 9.17) is 4.99 Å². The Morgan fingerprint density at radius 1 is 1.00 bits per heavy atom. The van der Waals surface area contributed by atoms with E-state index in [2.05, 4.69) is 16.0 Å². The molecule has 0 saturated carbocycles. The first-order valence-corrected chi connectivity index (χ1v) is 9.03. The predicted molar refractivity (Wildman–Crippen MR) is 100 cm³/mol. The molecule has 2 heterocycles. The van der Waals surface area contributed by atoms with Crippen LogP contribution in [-0.4, -0.2) is 24.5 Å². The SMILES string of the molecule is FC(F)(F)c1ccc(CNC2=Nc3ccccc3NC23CCNCC3)cc1. The van der Waals surface area contributed by atoms with Crippen molar-refractivity contribution in [3.63, 3.8) is 0 Å². The minimum Gasteiger partial charge on any atom is -0.371 e. The molecule has 0 aliphatic carbocycles. The zero-order valence-electron chi connectivity index (χ0n) is 14.7. The first kappa shape index (κ1) is 17.9. The predicted octanol–water partition coefficient (Wildman–Crippen LogP) is 4.07. The minimum atomic E-state index is -4.31. The number of rotatable bonds is 2. The number of piperidine rings is 1. The molecule has 7 heteroatoms. The van der Waals surface area contributed by atoms with Crippen molar-refractivity contribution in [3.05, 3.63) is 59.7 Å². The third-order valence-corrected chi connectivity index (χ3v) is 5.16. The maximum atomic E-state index is 12.7. The molecule has 2 aromatic carbocycles. The molecule has 0 atom stereocenters. The van der Waals surface area contributed by atoms with Crippen molar-refractivity contribution in [1.29, 1.82) is 0 Å². The van der Waals surface area contributed by atoms with E-state index >= 15 is 0 Å². The second-order valence-corrected chi connectivity index (χ2v) is 6.98. The number of nitrogens with one attached hydrogen (secondary N) is 3. The molecule has 2 aliphatic heterocycles. The van der Waals surface area contributed by atoms with E-state index in [1.165, 1.54) is 12.1 Å². The van der Waals surface area contributed by atoms with Crippen LogP contribution in [0.1, 0.15) is 24.0 Å². The van der Waals surface area contributed by atoms with Crippen molar-refractivity contribution in [2.45, 2.75) is 31.1 Å². The van der Waals surface area contributed by atoms with Crippen LogP contribution in [0.4, 0.5) is 24.5 Å². The Hall–Kier alpha value is -2.54. The van der Waals surface area contributed by atoms with Crippen LogP contribution in [0.5, 0.6) is 0 Å². The van der Waals surface area contributed by atoms with Gasteiger partial charge in [0.25, 0.3) is 0 Å². The largest absolute Gasteiger partial charge is 0.416 e. The van der Waals surface area contributed by atoms with Crippen molar-refractivity contribution in [2.75, 3.05) is 18.4 Å². The maximum absolute atomic E-state index is 12.7. The Labute approximate surface area is 155 Å². The number of anilines is 1. The van der Waals surface area contributed by atoms with Crippen LogP contribution in [0.25, 0.3) is 0 Å². The molecular formula is C20H21F3N4. The first-order chi connectivity index (χ1) is 13.0. The van der Waals surface area contributed by atoms with Crippen molar-refractivity contribution >= 4 is 17.2 Å². The Bertz CT molecular complexity index is 837. The van der Waals surface area contributed by atoms with Gasteiger partial charge in [0.1, 0.15) is 5.84 Å². The molecule has 1 spiro atoms. The van der Waals surface area contributed by atoms with Crippen molar-refractivity contribution in [2.24, 2.45) is 4.99 Å². The van der Waals surface area contributed by atoms with Gasteiger partial charge in [0.2, 0.25) is 0 Å². The normalized spacial score (nSPS) is 18.4. The highest BCUT2D eigenvalue weighted by atomic mass is 19.4. The van der Waals surface area contributed by atoms with Crippen LogP contribution in [0.3, 0.4) is 0 Å². The lowest BCUT2D eigenvalue weighted by Crippen LogP contribution is -2.58. The summed E-state index contributed by atoms with van der Waals surface area (Å²) in [7, 11) is 0. The maximum Gasteiger partial charge on any atom is 0.416 e. The molecule has 3 N–H and O–H groups in total. The van der Waals surface area contributed by atoms with Crippen LogP contribution < -0.4 is 16.0 Å². The summed E-state index contributed by atoms with van der Waals surface area (Å²) in [6.45, 7) is 2.20. The second-order valence-electron chi connectivity index (χ2n) is 6.98. The van der Waals surface area contributed by atoms with Crippen LogP contribution in [0, 0.1) is 0 Å². The lowest BCUT2D eigenvalue weighted by Gasteiger charge is -2.43. The lowest BCUT2D eigenvalue weighted by atomic mass is 9.85. The minimum absolute atomic E-state index is 0.272. The molecule has 0 amide bonds. The highest BCUT2D eigenvalue weighted by Crippen LogP contribution is 2.37. The first-order valence-electron chi connectivity index (χ1n) is 9.03. The van der Waals surface area contributed by atoms with E-state index in [0.29, 0.717) is 6.54 Å². The number of hydrogen-bond donors (Lipinski definition) is 3.